The molecular formula is C23H30N8O3. The second kappa shape index (κ2) is 9.94. The van der Waals surface area contributed by atoms with Gasteiger partial charge in [-0.15, -0.1) is 0 Å². The van der Waals surface area contributed by atoms with Crippen LogP contribution in [0.3, 0.4) is 0 Å². The van der Waals surface area contributed by atoms with Gasteiger partial charge in [0.05, 0.1) is 19.3 Å². The summed E-state index contributed by atoms with van der Waals surface area (Å²) in [7, 11) is 1.61. The van der Waals surface area contributed by atoms with E-state index in [-0.39, 0.29) is 5.95 Å². The van der Waals surface area contributed by atoms with Gasteiger partial charge in [-0.05, 0) is 37.0 Å². The summed E-state index contributed by atoms with van der Waals surface area (Å²) in [4.78, 5) is 26.0. The van der Waals surface area contributed by atoms with Crippen LogP contribution in [-0.2, 0) is 6.54 Å². The van der Waals surface area contributed by atoms with Crippen LogP contribution < -0.4 is 15.8 Å². The average molecular weight is 467 g/mol. The molecule has 1 aliphatic rings. The standard InChI is InChI=1S/C23H30N8O3/c1-4-5-8-25-21-20-19(27-22(24)28-21)14(2)29-31(20)13-17-18(34-3)11-16(12-26-17)15-6-9-30(10-7-15)23(32)33/h6,11-12H,4-5,7-10,13H2,1-3H3,(H,32,33)(H3,24,25,27,28). The maximum absolute atomic E-state index is 11.2. The van der Waals surface area contributed by atoms with Crippen LogP contribution in [0.15, 0.2) is 18.3 Å². The number of aromatic nitrogens is 5. The molecule has 11 heteroatoms. The number of fused-ring (bicyclic) bond motifs is 1. The van der Waals surface area contributed by atoms with Gasteiger partial charge in [0.2, 0.25) is 5.95 Å². The number of carbonyl (C=O) groups is 1. The summed E-state index contributed by atoms with van der Waals surface area (Å²) in [6.45, 7) is 6.00. The van der Waals surface area contributed by atoms with Crippen molar-refractivity contribution < 1.29 is 14.6 Å². The first-order chi connectivity index (χ1) is 16.4. The van der Waals surface area contributed by atoms with E-state index in [0.717, 1.165) is 47.4 Å². The van der Waals surface area contributed by atoms with E-state index in [0.29, 0.717) is 43.1 Å². The predicted molar refractivity (Wildman–Crippen MR) is 130 cm³/mol. The van der Waals surface area contributed by atoms with Gasteiger partial charge in [0, 0.05) is 25.8 Å². The maximum atomic E-state index is 11.2. The van der Waals surface area contributed by atoms with Crippen LogP contribution in [0.4, 0.5) is 16.6 Å². The van der Waals surface area contributed by atoms with Gasteiger partial charge in [-0.1, -0.05) is 19.4 Å². The highest BCUT2D eigenvalue weighted by Gasteiger charge is 2.20. The second-order valence-corrected chi connectivity index (χ2v) is 8.23. The minimum Gasteiger partial charge on any atom is -0.495 e. The van der Waals surface area contributed by atoms with Crippen LogP contribution in [0, 0.1) is 6.92 Å². The summed E-state index contributed by atoms with van der Waals surface area (Å²) in [6.07, 6.45) is 5.52. The number of unbranched alkanes of at least 4 members (excludes halogenated alkanes) is 1. The number of nitrogens with zero attached hydrogens (tertiary/aromatic N) is 6. The number of nitrogen functional groups attached to an aromatic ring is 1. The van der Waals surface area contributed by atoms with E-state index < -0.39 is 6.09 Å². The van der Waals surface area contributed by atoms with Crippen molar-refractivity contribution in [2.75, 3.05) is 37.8 Å². The molecule has 0 fully saturated rings. The zero-order valence-corrected chi connectivity index (χ0v) is 19.7. The van der Waals surface area contributed by atoms with Crippen molar-refractivity contribution in [1.29, 1.82) is 0 Å². The van der Waals surface area contributed by atoms with Crippen LogP contribution >= 0.6 is 0 Å². The number of hydrogen-bond acceptors (Lipinski definition) is 8. The minimum atomic E-state index is -0.905. The number of ether oxygens (including phenoxy) is 1. The molecule has 4 heterocycles. The molecule has 0 bridgehead atoms. The molecule has 3 aromatic heterocycles. The molecule has 180 valence electrons. The molecule has 4 N–H and O–H groups in total. The van der Waals surface area contributed by atoms with Gasteiger partial charge in [-0.3, -0.25) is 9.67 Å². The first-order valence-electron chi connectivity index (χ1n) is 11.4. The molecular weight excluding hydrogens is 436 g/mol. The molecule has 0 atom stereocenters. The van der Waals surface area contributed by atoms with Crippen LogP contribution in [0.2, 0.25) is 0 Å². The third-order valence-corrected chi connectivity index (χ3v) is 5.90. The fraction of sp³-hybridized carbons (Fsp3) is 0.435. The number of amides is 1. The number of carboxylic acid groups (broad SMARTS) is 1. The van der Waals surface area contributed by atoms with Crippen LogP contribution in [-0.4, -0.2) is 67.6 Å². The van der Waals surface area contributed by atoms with Gasteiger partial charge < -0.3 is 25.8 Å². The number of nitrogens with two attached hydrogens (primary N) is 1. The van der Waals surface area contributed by atoms with Gasteiger partial charge in [-0.2, -0.15) is 10.1 Å². The van der Waals surface area contributed by atoms with Gasteiger partial charge in [0.25, 0.3) is 0 Å². The normalized spacial score (nSPS) is 13.7. The van der Waals surface area contributed by atoms with Gasteiger partial charge in [0.1, 0.15) is 22.5 Å². The fourth-order valence-corrected chi connectivity index (χ4v) is 4.06. The van der Waals surface area contributed by atoms with E-state index in [1.165, 1.54) is 4.90 Å². The van der Waals surface area contributed by atoms with Gasteiger partial charge in [0.15, 0.2) is 5.82 Å². The van der Waals surface area contributed by atoms with Gasteiger partial charge >= 0.3 is 6.09 Å². The average Bonchev–Trinajstić information content (AvgIpc) is 3.14. The first kappa shape index (κ1) is 23.3. The Labute approximate surface area is 197 Å². The molecule has 0 saturated heterocycles. The lowest BCUT2D eigenvalue weighted by Gasteiger charge is -2.24. The number of rotatable bonds is 8. The minimum absolute atomic E-state index is 0.205. The van der Waals surface area contributed by atoms with Crippen molar-refractivity contribution in [2.45, 2.75) is 39.7 Å². The highest BCUT2D eigenvalue weighted by atomic mass is 16.5. The van der Waals surface area contributed by atoms with E-state index in [2.05, 4.69) is 32.3 Å². The Morgan fingerprint density at radius 2 is 2.18 bits per heavy atom. The zero-order chi connectivity index (χ0) is 24.2. The van der Waals surface area contributed by atoms with Crippen LogP contribution in [0.5, 0.6) is 5.75 Å². The third-order valence-electron chi connectivity index (χ3n) is 5.90. The van der Waals surface area contributed by atoms with E-state index in [1.807, 2.05) is 23.7 Å². The lowest BCUT2D eigenvalue weighted by Crippen LogP contribution is -2.33. The van der Waals surface area contributed by atoms with Crippen LogP contribution in [0.25, 0.3) is 16.6 Å². The van der Waals surface area contributed by atoms with E-state index in [1.54, 1.807) is 13.3 Å². The lowest BCUT2D eigenvalue weighted by molar-refractivity contribution is 0.150. The molecule has 4 rings (SSSR count). The van der Waals surface area contributed by atoms with Crippen molar-refractivity contribution in [3.8, 4) is 5.75 Å². The Morgan fingerprint density at radius 3 is 2.85 bits per heavy atom. The number of hydrogen-bond donors (Lipinski definition) is 3. The summed E-state index contributed by atoms with van der Waals surface area (Å²) in [6, 6.07) is 1.94. The topological polar surface area (TPSA) is 144 Å². The SMILES string of the molecule is CCCCNc1nc(N)nc2c(C)nn(Cc3ncc(C4=CCN(C(=O)O)CC4)cc3OC)c12. The molecule has 3 aromatic rings. The molecule has 0 aliphatic carbocycles. The van der Waals surface area contributed by atoms with E-state index in [4.69, 9.17) is 15.6 Å². The molecule has 0 aromatic carbocycles. The summed E-state index contributed by atoms with van der Waals surface area (Å²) in [5.74, 6) is 1.50. The monoisotopic (exact) mass is 466 g/mol. The third kappa shape index (κ3) is 4.73. The largest absolute Gasteiger partial charge is 0.495 e. The number of pyridine rings is 1. The van der Waals surface area contributed by atoms with Crippen molar-refractivity contribution in [2.24, 2.45) is 0 Å². The number of methoxy groups -OCH3 is 1. The molecule has 1 amide bonds. The second-order valence-electron chi connectivity index (χ2n) is 8.23. The number of aryl methyl sites for hydroxylation is 1. The Balaban J connectivity index is 1.65. The zero-order valence-electron chi connectivity index (χ0n) is 19.7. The molecule has 0 saturated carbocycles. The quantitative estimate of drug-likeness (QED) is 0.426. The molecule has 0 spiro atoms. The number of nitrogens with one attached hydrogen (secondary N) is 1. The molecule has 0 radical (unpaired) electrons. The lowest BCUT2D eigenvalue weighted by atomic mass is 10.0. The summed E-state index contributed by atoms with van der Waals surface area (Å²) >= 11 is 0. The fourth-order valence-electron chi connectivity index (χ4n) is 4.06. The smallest absolute Gasteiger partial charge is 0.407 e. The highest BCUT2D eigenvalue weighted by molar-refractivity contribution is 5.88. The molecule has 0 unspecified atom stereocenters. The van der Waals surface area contributed by atoms with Crippen molar-refractivity contribution in [1.82, 2.24) is 29.6 Å². The van der Waals surface area contributed by atoms with E-state index in [9.17, 15) is 4.79 Å². The van der Waals surface area contributed by atoms with Crippen molar-refractivity contribution in [3.05, 3.63) is 35.3 Å². The van der Waals surface area contributed by atoms with E-state index >= 15 is 0 Å². The highest BCUT2D eigenvalue weighted by Crippen LogP contribution is 2.29. The maximum Gasteiger partial charge on any atom is 0.407 e. The van der Waals surface area contributed by atoms with Crippen molar-refractivity contribution in [3.63, 3.8) is 0 Å². The summed E-state index contributed by atoms with van der Waals surface area (Å²) < 4.78 is 7.48. The molecule has 34 heavy (non-hydrogen) atoms. The summed E-state index contributed by atoms with van der Waals surface area (Å²) in [5.41, 5.74) is 10.9. The molecule has 1 aliphatic heterocycles. The first-order valence-corrected chi connectivity index (χ1v) is 11.4. The number of anilines is 2. The van der Waals surface area contributed by atoms with Crippen LogP contribution in [0.1, 0.15) is 43.1 Å². The van der Waals surface area contributed by atoms with Gasteiger partial charge in [-0.25, -0.2) is 9.78 Å². The Bertz CT molecular complexity index is 1240. The Morgan fingerprint density at radius 1 is 1.35 bits per heavy atom. The Hall–Kier alpha value is -3.89. The predicted octanol–water partition coefficient (Wildman–Crippen LogP) is 3.15. The van der Waals surface area contributed by atoms with Crippen molar-refractivity contribution >= 4 is 34.5 Å². The molecule has 11 nitrogen and oxygen atoms in total. The Kier molecular flexibility index (Phi) is 6.80. The summed E-state index contributed by atoms with van der Waals surface area (Å²) in [5, 5.41) is 17.2.